The molecule has 1 amide bonds. The molecular formula is C20H22FN7O. The third kappa shape index (κ3) is 5.44. The predicted molar refractivity (Wildman–Crippen MR) is 109 cm³/mol. The second kappa shape index (κ2) is 9.54. The molecule has 0 bridgehead atoms. The van der Waals surface area contributed by atoms with Crippen molar-refractivity contribution in [2.24, 2.45) is 5.10 Å². The summed E-state index contributed by atoms with van der Waals surface area (Å²) in [5.41, 5.74) is 5.07. The summed E-state index contributed by atoms with van der Waals surface area (Å²) in [6.07, 6.45) is 1.57. The van der Waals surface area contributed by atoms with Gasteiger partial charge in [-0.1, -0.05) is 12.1 Å². The zero-order valence-corrected chi connectivity index (χ0v) is 16.3. The minimum atomic E-state index is -0.385. The molecule has 0 fully saturated rings. The third-order valence-electron chi connectivity index (χ3n) is 4.26. The van der Waals surface area contributed by atoms with Crippen LogP contribution >= 0.6 is 0 Å². The van der Waals surface area contributed by atoms with Crippen molar-refractivity contribution in [2.45, 2.75) is 20.4 Å². The van der Waals surface area contributed by atoms with Crippen LogP contribution in [-0.4, -0.2) is 45.4 Å². The number of carbonyl (C=O) groups is 1. The minimum Gasteiger partial charge on any atom is -0.372 e. The Kier molecular flexibility index (Phi) is 6.62. The topological polar surface area (TPSA) is 88.3 Å². The number of hydrogen-bond acceptors (Lipinski definition) is 6. The maximum absolute atomic E-state index is 13.0. The van der Waals surface area contributed by atoms with E-state index >= 15 is 0 Å². The zero-order chi connectivity index (χ0) is 20.6. The largest absolute Gasteiger partial charge is 0.372 e. The van der Waals surface area contributed by atoms with Gasteiger partial charge in [-0.2, -0.15) is 9.90 Å². The molecule has 0 aliphatic rings. The van der Waals surface area contributed by atoms with E-state index in [0.717, 1.165) is 29.1 Å². The van der Waals surface area contributed by atoms with E-state index < -0.39 is 0 Å². The summed E-state index contributed by atoms with van der Waals surface area (Å²) in [6.45, 7) is 5.98. The van der Waals surface area contributed by atoms with Crippen LogP contribution in [0.2, 0.25) is 0 Å². The van der Waals surface area contributed by atoms with Crippen LogP contribution in [0.1, 0.15) is 19.4 Å². The van der Waals surface area contributed by atoms with E-state index in [1.807, 2.05) is 24.3 Å². The quantitative estimate of drug-likeness (QED) is 0.468. The lowest BCUT2D eigenvalue weighted by Crippen LogP contribution is -2.24. The molecule has 3 rings (SSSR count). The second-order valence-electron chi connectivity index (χ2n) is 6.21. The first kappa shape index (κ1) is 20.1. The normalized spacial score (nSPS) is 11.0. The lowest BCUT2D eigenvalue weighted by molar-refractivity contribution is -0.122. The van der Waals surface area contributed by atoms with Crippen molar-refractivity contribution in [1.82, 2.24) is 25.6 Å². The van der Waals surface area contributed by atoms with Gasteiger partial charge in [0.05, 0.1) is 6.21 Å². The van der Waals surface area contributed by atoms with Gasteiger partial charge in [0, 0.05) is 24.3 Å². The maximum atomic E-state index is 13.0. The lowest BCUT2D eigenvalue weighted by Gasteiger charge is -2.20. The van der Waals surface area contributed by atoms with Crippen molar-refractivity contribution in [3.63, 3.8) is 0 Å². The van der Waals surface area contributed by atoms with Gasteiger partial charge in [-0.15, -0.1) is 10.2 Å². The molecule has 1 heterocycles. The van der Waals surface area contributed by atoms with Gasteiger partial charge in [0.25, 0.3) is 5.91 Å². The van der Waals surface area contributed by atoms with Crippen molar-refractivity contribution in [2.75, 3.05) is 18.0 Å². The van der Waals surface area contributed by atoms with Gasteiger partial charge in [0.15, 0.2) is 0 Å². The lowest BCUT2D eigenvalue weighted by atomic mass is 10.2. The first-order valence-electron chi connectivity index (χ1n) is 9.29. The number of carbonyl (C=O) groups excluding carboxylic acids is 1. The monoisotopic (exact) mass is 395 g/mol. The average molecular weight is 395 g/mol. The summed E-state index contributed by atoms with van der Waals surface area (Å²) in [6, 6.07) is 13.6. The van der Waals surface area contributed by atoms with E-state index in [1.165, 1.54) is 12.1 Å². The predicted octanol–water partition coefficient (Wildman–Crippen LogP) is 2.48. The van der Waals surface area contributed by atoms with Crippen molar-refractivity contribution >= 4 is 17.8 Å². The number of hydrogen-bond donors (Lipinski definition) is 1. The van der Waals surface area contributed by atoms with Gasteiger partial charge in [-0.25, -0.2) is 9.82 Å². The first-order valence-corrected chi connectivity index (χ1v) is 9.29. The number of tetrazole rings is 1. The summed E-state index contributed by atoms with van der Waals surface area (Å²) >= 11 is 0. The number of aromatic nitrogens is 4. The zero-order valence-electron chi connectivity index (χ0n) is 16.3. The van der Waals surface area contributed by atoms with Crippen LogP contribution in [0.4, 0.5) is 10.1 Å². The number of rotatable bonds is 8. The molecule has 9 heteroatoms. The molecule has 8 nitrogen and oxygen atoms in total. The SMILES string of the molecule is CCN(CC)c1ccc(/C=N\NC(=O)Cn2nnc(-c3ccc(F)cc3)n2)cc1. The highest BCUT2D eigenvalue weighted by atomic mass is 19.1. The molecular weight excluding hydrogens is 373 g/mol. The Hall–Kier alpha value is -3.62. The molecule has 1 aromatic heterocycles. The smallest absolute Gasteiger partial charge is 0.263 e. The van der Waals surface area contributed by atoms with E-state index in [9.17, 15) is 9.18 Å². The van der Waals surface area contributed by atoms with Crippen LogP contribution in [0.5, 0.6) is 0 Å². The Bertz CT molecular complexity index is 963. The van der Waals surface area contributed by atoms with Gasteiger partial charge in [-0.3, -0.25) is 4.79 Å². The number of amides is 1. The first-order chi connectivity index (χ1) is 14.1. The molecule has 0 aliphatic heterocycles. The Morgan fingerprint density at radius 3 is 2.48 bits per heavy atom. The molecule has 0 radical (unpaired) electrons. The summed E-state index contributed by atoms with van der Waals surface area (Å²) in [4.78, 5) is 15.4. The van der Waals surface area contributed by atoms with E-state index in [1.54, 1.807) is 18.3 Å². The van der Waals surface area contributed by atoms with E-state index in [4.69, 9.17) is 0 Å². The molecule has 0 spiro atoms. The molecule has 0 saturated heterocycles. The van der Waals surface area contributed by atoms with E-state index in [2.05, 4.69) is 44.7 Å². The fourth-order valence-electron chi connectivity index (χ4n) is 2.73. The van der Waals surface area contributed by atoms with Gasteiger partial charge in [0.2, 0.25) is 5.82 Å². The molecule has 0 aliphatic carbocycles. The average Bonchev–Trinajstić information content (AvgIpc) is 3.19. The van der Waals surface area contributed by atoms with Crippen LogP contribution in [0.15, 0.2) is 53.6 Å². The molecule has 0 atom stereocenters. The molecule has 2 aromatic carbocycles. The van der Waals surface area contributed by atoms with Crippen molar-refractivity contribution in [3.05, 3.63) is 59.9 Å². The van der Waals surface area contributed by atoms with Gasteiger partial charge < -0.3 is 4.90 Å². The van der Waals surface area contributed by atoms with Crippen LogP contribution in [-0.2, 0) is 11.3 Å². The number of nitrogens with one attached hydrogen (secondary N) is 1. The number of hydrazone groups is 1. The summed E-state index contributed by atoms with van der Waals surface area (Å²) in [5, 5.41) is 15.8. The minimum absolute atomic E-state index is 0.133. The number of benzene rings is 2. The van der Waals surface area contributed by atoms with E-state index in [-0.39, 0.29) is 18.3 Å². The highest BCUT2D eigenvalue weighted by Gasteiger charge is 2.09. The van der Waals surface area contributed by atoms with Crippen molar-refractivity contribution < 1.29 is 9.18 Å². The fraction of sp³-hybridized carbons (Fsp3) is 0.250. The van der Waals surface area contributed by atoms with Gasteiger partial charge in [0.1, 0.15) is 12.4 Å². The Morgan fingerprint density at radius 1 is 1.14 bits per heavy atom. The summed E-state index contributed by atoms with van der Waals surface area (Å²) < 4.78 is 13.0. The maximum Gasteiger partial charge on any atom is 0.263 e. The standard InChI is InChI=1S/C20H22FN7O/c1-3-27(4-2)18-11-5-15(6-12-18)13-22-23-19(29)14-28-25-20(24-26-28)16-7-9-17(21)10-8-16/h5-13H,3-4,14H2,1-2H3,(H,23,29)/b22-13-. The van der Waals surface area contributed by atoms with E-state index in [0.29, 0.717) is 11.4 Å². The Labute approximate surface area is 168 Å². The third-order valence-corrected chi connectivity index (χ3v) is 4.26. The fourth-order valence-corrected chi connectivity index (χ4v) is 2.73. The summed E-state index contributed by atoms with van der Waals surface area (Å²) in [7, 11) is 0. The summed E-state index contributed by atoms with van der Waals surface area (Å²) in [5.74, 6) is -0.417. The van der Waals surface area contributed by atoms with Crippen molar-refractivity contribution in [1.29, 1.82) is 0 Å². The number of anilines is 1. The second-order valence-corrected chi connectivity index (χ2v) is 6.21. The van der Waals surface area contributed by atoms with Crippen LogP contribution in [0.3, 0.4) is 0 Å². The highest BCUT2D eigenvalue weighted by Crippen LogP contribution is 2.14. The number of nitrogens with zero attached hydrogens (tertiary/aromatic N) is 6. The van der Waals surface area contributed by atoms with Crippen LogP contribution in [0.25, 0.3) is 11.4 Å². The molecule has 1 N–H and O–H groups in total. The van der Waals surface area contributed by atoms with Crippen LogP contribution in [0, 0.1) is 5.82 Å². The molecule has 29 heavy (non-hydrogen) atoms. The van der Waals surface area contributed by atoms with Gasteiger partial charge >= 0.3 is 0 Å². The Balaban J connectivity index is 1.53. The molecule has 150 valence electrons. The van der Waals surface area contributed by atoms with Crippen molar-refractivity contribution in [3.8, 4) is 11.4 Å². The highest BCUT2D eigenvalue weighted by molar-refractivity contribution is 5.82. The molecule has 0 saturated carbocycles. The van der Waals surface area contributed by atoms with Gasteiger partial charge in [-0.05, 0) is 61.0 Å². The van der Waals surface area contributed by atoms with Crippen LogP contribution < -0.4 is 10.3 Å². The number of halogens is 1. The molecule has 3 aromatic rings. The Morgan fingerprint density at radius 2 is 1.83 bits per heavy atom. The molecule has 0 unspecified atom stereocenters.